The Morgan fingerprint density at radius 1 is 1.14 bits per heavy atom. The van der Waals surface area contributed by atoms with Crippen molar-refractivity contribution >= 4 is 23.9 Å². The zero-order valence-electron chi connectivity index (χ0n) is 22.3. The third-order valence-electron chi connectivity index (χ3n) is 9.35. The van der Waals surface area contributed by atoms with Gasteiger partial charge in [0.2, 0.25) is 5.78 Å². The van der Waals surface area contributed by atoms with Gasteiger partial charge >= 0.3 is 12.3 Å². The molecule has 7 atom stereocenters. The van der Waals surface area contributed by atoms with Crippen LogP contribution in [0.15, 0.2) is 23.8 Å². The lowest BCUT2D eigenvalue weighted by atomic mass is 9.46. The largest absolute Gasteiger partial charge is 0.509 e. The van der Waals surface area contributed by atoms with E-state index in [2.05, 4.69) is 11.7 Å². The van der Waals surface area contributed by atoms with Crippen LogP contribution >= 0.6 is 0 Å². The number of allylic oxidation sites excluding steroid dienone is 4. The van der Waals surface area contributed by atoms with Crippen molar-refractivity contribution in [3.63, 3.8) is 0 Å². The Balaban J connectivity index is 1.68. The molecule has 0 saturated heterocycles. The van der Waals surface area contributed by atoms with E-state index in [1.54, 1.807) is 12.2 Å². The molecule has 204 valence electrons. The second-order valence-electron chi connectivity index (χ2n) is 11.8. The average Bonchev–Trinajstić information content (AvgIpc) is 3.13. The first-order valence-electron chi connectivity index (χ1n) is 13.1. The van der Waals surface area contributed by atoms with Crippen LogP contribution in [-0.4, -0.2) is 61.0 Å². The van der Waals surface area contributed by atoms with Crippen LogP contribution in [0.4, 0.5) is 9.59 Å². The van der Waals surface area contributed by atoms with Crippen LogP contribution < -0.4 is 0 Å². The van der Waals surface area contributed by atoms with Crippen molar-refractivity contribution in [2.45, 2.75) is 71.5 Å². The highest BCUT2D eigenvalue weighted by molar-refractivity contribution is 6.01. The summed E-state index contributed by atoms with van der Waals surface area (Å²) in [5.74, 6) is -0.650. The van der Waals surface area contributed by atoms with Crippen molar-refractivity contribution in [3.8, 4) is 0 Å². The van der Waals surface area contributed by atoms with E-state index in [9.17, 15) is 24.3 Å². The topological polar surface area (TPSA) is 125 Å². The van der Waals surface area contributed by atoms with Gasteiger partial charge in [0, 0.05) is 16.7 Å². The quantitative estimate of drug-likeness (QED) is 0.516. The number of fused-ring (bicyclic) bond motifs is 5. The Bertz CT molecular complexity index is 1030. The molecule has 0 aliphatic heterocycles. The zero-order chi connectivity index (χ0) is 27.2. The predicted molar refractivity (Wildman–Crippen MR) is 131 cm³/mol. The Labute approximate surface area is 217 Å². The number of methoxy groups -OCH3 is 1. The summed E-state index contributed by atoms with van der Waals surface area (Å²) in [6.07, 6.45) is 4.95. The summed E-state index contributed by atoms with van der Waals surface area (Å²) < 4.78 is 20.7. The van der Waals surface area contributed by atoms with Crippen molar-refractivity contribution < 1.29 is 43.2 Å². The summed E-state index contributed by atoms with van der Waals surface area (Å²) in [7, 11) is 1.15. The number of rotatable bonds is 6. The maximum atomic E-state index is 13.7. The van der Waals surface area contributed by atoms with Gasteiger partial charge in [0.1, 0.15) is 0 Å². The number of aliphatic hydroxyl groups is 1. The first-order valence-corrected chi connectivity index (χ1v) is 13.1. The number of Topliss-reactive ketones (excluding diaryl/α,β-unsaturated/α-hetero) is 1. The van der Waals surface area contributed by atoms with Crippen LogP contribution in [0.2, 0.25) is 0 Å². The van der Waals surface area contributed by atoms with E-state index >= 15 is 0 Å². The maximum Gasteiger partial charge on any atom is 0.509 e. The normalized spacial score (nSPS) is 38.1. The van der Waals surface area contributed by atoms with Gasteiger partial charge in [-0.3, -0.25) is 9.59 Å². The van der Waals surface area contributed by atoms with Gasteiger partial charge in [-0.2, -0.15) is 0 Å². The molecule has 9 nitrogen and oxygen atoms in total. The van der Waals surface area contributed by atoms with E-state index in [0.29, 0.717) is 6.42 Å². The van der Waals surface area contributed by atoms with E-state index in [-0.39, 0.29) is 48.9 Å². The number of carbonyl (C=O) groups is 4. The molecule has 0 amide bonds. The lowest BCUT2D eigenvalue weighted by Gasteiger charge is -2.59. The number of aliphatic hydroxyl groups excluding tert-OH is 1. The standard InChI is InChI=1S/C28H38O9/c1-16(2)14-35-25(33)37-28(22(31)15-36-24(32)34-5)11-9-20-19-7-6-17-12-18(29)8-10-26(17,3)23(19)21(30)13-27(20,28)4/h8,10,12,16,19-21,23,30H,6-7,9,11,13-15H2,1-5H3/t19-,20-,21?,23+,26-,27-,28-/m0/s1. The van der Waals surface area contributed by atoms with Gasteiger partial charge in [-0.15, -0.1) is 0 Å². The van der Waals surface area contributed by atoms with Crippen molar-refractivity contribution in [1.82, 2.24) is 0 Å². The first kappa shape index (κ1) is 27.4. The lowest BCUT2D eigenvalue weighted by molar-refractivity contribution is -0.184. The predicted octanol–water partition coefficient (Wildman–Crippen LogP) is 4.17. The molecule has 0 bridgehead atoms. The molecular weight excluding hydrogens is 480 g/mol. The molecule has 0 aromatic carbocycles. The van der Waals surface area contributed by atoms with Crippen LogP contribution in [0.25, 0.3) is 0 Å². The molecule has 4 aliphatic carbocycles. The monoisotopic (exact) mass is 518 g/mol. The molecule has 0 aromatic rings. The molecule has 3 fully saturated rings. The van der Waals surface area contributed by atoms with Crippen molar-refractivity contribution in [2.75, 3.05) is 20.3 Å². The van der Waals surface area contributed by atoms with Crippen molar-refractivity contribution in [3.05, 3.63) is 23.8 Å². The average molecular weight is 519 g/mol. The highest BCUT2D eigenvalue weighted by atomic mass is 16.7. The second-order valence-corrected chi connectivity index (χ2v) is 11.8. The fourth-order valence-corrected chi connectivity index (χ4v) is 7.70. The summed E-state index contributed by atoms with van der Waals surface area (Å²) in [6, 6.07) is 0. The van der Waals surface area contributed by atoms with Gasteiger partial charge in [-0.1, -0.05) is 39.3 Å². The van der Waals surface area contributed by atoms with Crippen LogP contribution in [0.1, 0.15) is 59.8 Å². The second kappa shape index (κ2) is 9.89. The van der Waals surface area contributed by atoms with E-state index in [0.717, 1.165) is 25.5 Å². The Kier molecular flexibility index (Phi) is 7.31. The molecule has 37 heavy (non-hydrogen) atoms. The molecule has 1 unspecified atom stereocenters. The zero-order valence-corrected chi connectivity index (χ0v) is 22.3. The molecule has 3 saturated carbocycles. The number of carbonyl (C=O) groups excluding carboxylic acids is 4. The van der Waals surface area contributed by atoms with Crippen LogP contribution in [0.3, 0.4) is 0 Å². The molecular formula is C28H38O9. The van der Waals surface area contributed by atoms with Crippen LogP contribution in [-0.2, 0) is 28.5 Å². The minimum Gasteiger partial charge on any atom is -0.438 e. The molecule has 4 aliphatic rings. The van der Waals surface area contributed by atoms with Crippen molar-refractivity contribution in [1.29, 1.82) is 0 Å². The molecule has 4 rings (SSSR count). The number of ether oxygens (including phenoxy) is 4. The molecule has 0 aromatic heterocycles. The SMILES string of the molecule is COC(=O)OCC(=O)[C@@]1(OC(=O)OCC(C)C)CC[C@H]2[C@@H]3CCC4=CC(=O)C=C[C@]4(C)[C@H]3C(O)C[C@@]21C. The minimum atomic E-state index is -1.62. The summed E-state index contributed by atoms with van der Waals surface area (Å²) >= 11 is 0. The number of ketones is 2. The Morgan fingerprint density at radius 3 is 2.54 bits per heavy atom. The molecule has 0 spiro atoms. The fraction of sp³-hybridized carbons (Fsp3) is 0.714. The minimum absolute atomic E-state index is 0.0366. The highest BCUT2D eigenvalue weighted by Gasteiger charge is 2.70. The summed E-state index contributed by atoms with van der Waals surface area (Å²) in [6.45, 7) is 7.26. The van der Waals surface area contributed by atoms with E-state index in [1.807, 2.05) is 26.8 Å². The summed E-state index contributed by atoms with van der Waals surface area (Å²) in [5, 5.41) is 11.6. The van der Waals surface area contributed by atoms with Crippen LogP contribution in [0, 0.1) is 34.5 Å². The molecule has 0 heterocycles. The van der Waals surface area contributed by atoms with E-state index in [4.69, 9.17) is 14.2 Å². The van der Waals surface area contributed by atoms with Crippen LogP contribution in [0.5, 0.6) is 0 Å². The summed E-state index contributed by atoms with van der Waals surface area (Å²) in [5.41, 5.74) is -1.96. The Morgan fingerprint density at radius 2 is 1.86 bits per heavy atom. The lowest BCUT2D eigenvalue weighted by Crippen LogP contribution is -2.63. The molecule has 1 N–H and O–H groups in total. The molecule has 9 heteroatoms. The van der Waals surface area contributed by atoms with E-state index in [1.165, 1.54) is 0 Å². The van der Waals surface area contributed by atoms with Gasteiger partial charge in [0.05, 0.1) is 19.8 Å². The third kappa shape index (κ3) is 4.49. The van der Waals surface area contributed by atoms with Gasteiger partial charge in [-0.05, 0) is 62.0 Å². The van der Waals surface area contributed by atoms with Gasteiger partial charge < -0.3 is 24.1 Å². The van der Waals surface area contributed by atoms with Crippen molar-refractivity contribution in [2.24, 2.45) is 34.5 Å². The molecule has 0 radical (unpaired) electrons. The summed E-state index contributed by atoms with van der Waals surface area (Å²) in [4.78, 5) is 50.2. The Hall–Kier alpha value is -2.68. The van der Waals surface area contributed by atoms with E-state index < -0.39 is 47.2 Å². The number of hydrogen-bond acceptors (Lipinski definition) is 9. The van der Waals surface area contributed by atoms with Gasteiger partial charge in [0.25, 0.3) is 0 Å². The smallest absolute Gasteiger partial charge is 0.438 e. The van der Waals surface area contributed by atoms with Gasteiger partial charge in [0.15, 0.2) is 18.0 Å². The maximum absolute atomic E-state index is 13.7. The van der Waals surface area contributed by atoms with Gasteiger partial charge in [-0.25, -0.2) is 9.59 Å². The highest BCUT2D eigenvalue weighted by Crippen LogP contribution is 2.68. The first-order chi connectivity index (χ1) is 17.4. The third-order valence-corrected chi connectivity index (χ3v) is 9.35. The number of hydrogen-bond donors (Lipinski definition) is 1. The fourth-order valence-electron chi connectivity index (χ4n) is 7.70.